The van der Waals surface area contributed by atoms with E-state index >= 15 is 0 Å². The Morgan fingerprint density at radius 1 is 1.30 bits per heavy atom. The van der Waals surface area contributed by atoms with E-state index in [0.29, 0.717) is 25.1 Å². The summed E-state index contributed by atoms with van der Waals surface area (Å²) in [5.41, 5.74) is 9.95. The van der Waals surface area contributed by atoms with Gasteiger partial charge in [0.25, 0.3) is 5.91 Å². The van der Waals surface area contributed by atoms with Crippen molar-refractivity contribution in [3.8, 4) is 11.4 Å². The molecule has 0 aliphatic carbocycles. The molecule has 1 aliphatic rings. The maximum Gasteiger partial charge on any atom is 0.256 e. The van der Waals surface area contributed by atoms with Crippen molar-refractivity contribution in [2.75, 3.05) is 6.54 Å². The molecule has 1 atom stereocenters. The fraction of sp³-hybridized carbons (Fsp3) is 0.250. The lowest BCUT2D eigenvalue weighted by Crippen LogP contribution is -2.42. The first-order chi connectivity index (χ1) is 13.1. The van der Waals surface area contributed by atoms with Crippen LogP contribution in [0.2, 0.25) is 0 Å². The summed E-state index contributed by atoms with van der Waals surface area (Å²) < 4.78 is 15.2. The summed E-state index contributed by atoms with van der Waals surface area (Å²) in [6, 6.07) is 10.0. The molecule has 2 aromatic heterocycles. The minimum Gasteiger partial charge on any atom is -0.330 e. The van der Waals surface area contributed by atoms with Gasteiger partial charge in [-0.2, -0.15) is 5.10 Å². The van der Waals surface area contributed by atoms with E-state index in [9.17, 15) is 9.18 Å². The van der Waals surface area contributed by atoms with Crippen molar-refractivity contribution in [2.45, 2.75) is 19.0 Å². The first kappa shape index (κ1) is 17.4. The Labute approximate surface area is 156 Å². The molecule has 27 heavy (non-hydrogen) atoms. The van der Waals surface area contributed by atoms with E-state index in [1.165, 1.54) is 12.1 Å². The van der Waals surface area contributed by atoms with E-state index in [2.05, 4.69) is 10.1 Å². The number of benzene rings is 1. The summed E-state index contributed by atoms with van der Waals surface area (Å²) in [7, 11) is 1.85. The van der Waals surface area contributed by atoms with Gasteiger partial charge in [-0.1, -0.05) is 12.1 Å². The molecule has 3 aromatic rings. The number of fused-ring (bicyclic) bond motifs is 1. The molecule has 1 amide bonds. The molecule has 0 fully saturated rings. The number of hydrogen-bond donors (Lipinski definition) is 1. The molecule has 4 rings (SSSR count). The van der Waals surface area contributed by atoms with Gasteiger partial charge >= 0.3 is 0 Å². The molecule has 0 saturated heterocycles. The molecule has 0 radical (unpaired) electrons. The van der Waals surface area contributed by atoms with Gasteiger partial charge in [0.2, 0.25) is 0 Å². The molecular formula is C20H20FN5O. The van der Waals surface area contributed by atoms with Crippen molar-refractivity contribution in [1.29, 1.82) is 0 Å². The van der Waals surface area contributed by atoms with Crippen molar-refractivity contribution in [1.82, 2.24) is 19.7 Å². The van der Waals surface area contributed by atoms with Crippen LogP contribution < -0.4 is 5.73 Å². The number of amides is 1. The van der Waals surface area contributed by atoms with Gasteiger partial charge < -0.3 is 10.6 Å². The lowest BCUT2D eigenvalue weighted by atomic mass is 10.0. The van der Waals surface area contributed by atoms with Crippen LogP contribution in [0.15, 0.2) is 48.8 Å². The van der Waals surface area contributed by atoms with Crippen LogP contribution in [0.25, 0.3) is 11.4 Å². The number of halogens is 1. The second-order valence-corrected chi connectivity index (χ2v) is 6.72. The molecule has 0 spiro atoms. The van der Waals surface area contributed by atoms with Crippen LogP contribution in [-0.4, -0.2) is 38.2 Å². The van der Waals surface area contributed by atoms with Gasteiger partial charge in [-0.3, -0.25) is 14.5 Å². The second kappa shape index (κ2) is 6.92. The van der Waals surface area contributed by atoms with Gasteiger partial charge in [-0.05, 0) is 41.8 Å². The van der Waals surface area contributed by atoms with Crippen molar-refractivity contribution in [2.24, 2.45) is 12.8 Å². The first-order valence-electron chi connectivity index (χ1n) is 8.79. The Morgan fingerprint density at radius 3 is 2.85 bits per heavy atom. The molecule has 0 saturated carbocycles. The molecule has 2 N–H and O–H groups in total. The highest BCUT2D eigenvalue weighted by atomic mass is 19.1. The largest absolute Gasteiger partial charge is 0.330 e. The zero-order valence-corrected chi connectivity index (χ0v) is 15.0. The fourth-order valence-corrected chi connectivity index (χ4v) is 3.55. The molecule has 1 aromatic carbocycles. The minimum atomic E-state index is -0.288. The molecule has 0 bridgehead atoms. The number of aryl methyl sites for hydroxylation is 1. The van der Waals surface area contributed by atoms with Gasteiger partial charge in [0.1, 0.15) is 5.82 Å². The van der Waals surface area contributed by atoms with Gasteiger partial charge in [0, 0.05) is 38.6 Å². The van der Waals surface area contributed by atoms with Crippen LogP contribution in [0.4, 0.5) is 4.39 Å². The maximum absolute atomic E-state index is 13.5. The van der Waals surface area contributed by atoms with Crippen LogP contribution >= 0.6 is 0 Å². The summed E-state index contributed by atoms with van der Waals surface area (Å²) in [6.07, 6.45) is 3.84. The van der Waals surface area contributed by atoms with Gasteiger partial charge in [-0.15, -0.1) is 0 Å². The average Bonchev–Trinajstić information content (AvgIpc) is 3.23. The van der Waals surface area contributed by atoms with Crippen LogP contribution in [0, 0.1) is 5.82 Å². The van der Waals surface area contributed by atoms with Crippen LogP contribution in [-0.2, 0) is 20.0 Å². The molecule has 7 heteroatoms. The standard InChI is InChI=1S/C20H20FN5O/c1-25-19(5-6-24-25)18-9-14-12-26(20(27)17(14)11-23-18)16(10-22)8-13-3-2-4-15(21)7-13/h2-7,9,11,16H,8,10,12,22H2,1H3/t16-/m0/s1. The smallest absolute Gasteiger partial charge is 0.256 e. The average molecular weight is 365 g/mol. The third kappa shape index (κ3) is 3.21. The van der Waals surface area contributed by atoms with Gasteiger partial charge in [-0.25, -0.2) is 4.39 Å². The minimum absolute atomic E-state index is 0.0825. The zero-order valence-electron chi connectivity index (χ0n) is 15.0. The predicted molar refractivity (Wildman–Crippen MR) is 99.3 cm³/mol. The molecule has 0 unspecified atom stereocenters. The molecule has 6 nitrogen and oxygen atoms in total. The van der Waals surface area contributed by atoms with Gasteiger partial charge in [0.05, 0.1) is 17.0 Å². The van der Waals surface area contributed by atoms with Gasteiger partial charge in [0.15, 0.2) is 0 Å². The second-order valence-electron chi connectivity index (χ2n) is 6.72. The van der Waals surface area contributed by atoms with Crippen molar-refractivity contribution in [3.63, 3.8) is 0 Å². The maximum atomic E-state index is 13.5. The first-order valence-corrected chi connectivity index (χ1v) is 8.79. The Bertz CT molecular complexity index is 1000. The fourth-order valence-electron chi connectivity index (χ4n) is 3.55. The van der Waals surface area contributed by atoms with E-state index < -0.39 is 0 Å². The van der Waals surface area contributed by atoms with Crippen molar-refractivity contribution < 1.29 is 9.18 Å². The van der Waals surface area contributed by atoms with E-state index in [4.69, 9.17) is 5.73 Å². The highest BCUT2D eigenvalue weighted by molar-refractivity contribution is 5.98. The van der Waals surface area contributed by atoms with Crippen molar-refractivity contribution in [3.05, 3.63) is 71.3 Å². The number of carbonyl (C=O) groups excluding carboxylic acids is 1. The summed E-state index contributed by atoms with van der Waals surface area (Å²) in [4.78, 5) is 19.0. The monoisotopic (exact) mass is 365 g/mol. The lowest BCUT2D eigenvalue weighted by Gasteiger charge is -2.26. The quantitative estimate of drug-likeness (QED) is 0.752. The Balaban J connectivity index is 1.59. The molecule has 1 aliphatic heterocycles. The van der Waals surface area contributed by atoms with Crippen molar-refractivity contribution >= 4 is 5.91 Å². The number of carbonyl (C=O) groups is 1. The summed E-state index contributed by atoms with van der Waals surface area (Å²) in [6.45, 7) is 0.775. The predicted octanol–water partition coefficient (Wildman–Crippen LogP) is 2.15. The third-order valence-corrected chi connectivity index (χ3v) is 4.98. The van der Waals surface area contributed by atoms with Crippen LogP contribution in [0.5, 0.6) is 0 Å². The van der Waals surface area contributed by atoms with E-state index in [-0.39, 0.29) is 17.8 Å². The Morgan fingerprint density at radius 2 is 2.15 bits per heavy atom. The lowest BCUT2D eigenvalue weighted by molar-refractivity contribution is 0.0708. The normalized spacial score (nSPS) is 14.5. The molecule has 138 valence electrons. The van der Waals surface area contributed by atoms with E-state index in [1.807, 2.05) is 25.2 Å². The SMILES string of the molecule is Cn1nccc1-c1cc2c(cn1)C(=O)N([C@H](CN)Cc1cccc(F)c1)C2. The highest BCUT2D eigenvalue weighted by Crippen LogP contribution is 2.28. The summed E-state index contributed by atoms with van der Waals surface area (Å²) in [5, 5.41) is 4.16. The Hall–Kier alpha value is -3.06. The number of nitrogens with two attached hydrogens (primary N) is 1. The summed E-state index contributed by atoms with van der Waals surface area (Å²) >= 11 is 0. The Kier molecular flexibility index (Phi) is 4.45. The molecule has 3 heterocycles. The van der Waals surface area contributed by atoms with E-state index in [0.717, 1.165) is 22.5 Å². The number of pyridine rings is 1. The zero-order chi connectivity index (χ0) is 19.0. The van der Waals surface area contributed by atoms with Crippen LogP contribution in [0.1, 0.15) is 21.5 Å². The van der Waals surface area contributed by atoms with Crippen LogP contribution in [0.3, 0.4) is 0 Å². The number of rotatable bonds is 5. The highest BCUT2D eigenvalue weighted by Gasteiger charge is 2.33. The number of aromatic nitrogens is 3. The topological polar surface area (TPSA) is 77.0 Å². The number of hydrogen-bond acceptors (Lipinski definition) is 4. The summed E-state index contributed by atoms with van der Waals surface area (Å²) in [5.74, 6) is -0.370. The molecular weight excluding hydrogens is 345 g/mol. The number of nitrogens with zero attached hydrogens (tertiary/aromatic N) is 4. The third-order valence-electron chi connectivity index (χ3n) is 4.98. The van der Waals surface area contributed by atoms with E-state index in [1.54, 1.807) is 28.0 Å².